The Hall–Kier alpha value is -5.88. The highest BCUT2D eigenvalue weighted by Gasteiger charge is 2.12. The number of carbonyl (C=O) groups excluding carboxylic acids is 2. The summed E-state index contributed by atoms with van der Waals surface area (Å²) >= 11 is 3.20. The van der Waals surface area contributed by atoms with Gasteiger partial charge in [0.15, 0.2) is 17.4 Å². The quantitative estimate of drug-likeness (QED) is 0.174. The number of aryl methyl sites for hydroxylation is 2. The molecule has 1 aliphatic rings. The van der Waals surface area contributed by atoms with Gasteiger partial charge in [0, 0.05) is 63.1 Å². The first-order chi connectivity index (χ1) is 23.6. The van der Waals surface area contributed by atoms with Gasteiger partial charge in [0.05, 0.1) is 42.3 Å². The molecule has 8 rings (SSSR count). The second-order valence-corrected chi connectivity index (χ2v) is 12.2. The van der Waals surface area contributed by atoms with Crippen molar-refractivity contribution >= 4 is 44.6 Å². The number of ketones is 2. The molecule has 244 valence electrons. The van der Waals surface area contributed by atoms with E-state index < -0.39 is 0 Å². The van der Waals surface area contributed by atoms with Crippen molar-refractivity contribution in [2.75, 3.05) is 0 Å². The monoisotopic (exact) mass is 713 g/mol. The molecule has 2 aromatic carbocycles. The van der Waals surface area contributed by atoms with Gasteiger partial charge in [-0.2, -0.15) is 5.10 Å². The van der Waals surface area contributed by atoms with Crippen LogP contribution in [0.4, 0.5) is 0 Å². The summed E-state index contributed by atoms with van der Waals surface area (Å²) in [6.07, 6.45) is 11.0. The van der Waals surface area contributed by atoms with Crippen molar-refractivity contribution in [3.8, 4) is 28.3 Å². The van der Waals surface area contributed by atoms with Gasteiger partial charge in [0.25, 0.3) is 0 Å². The van der Waals surface area contributed by atoms with Crippen molar-refractivity contribution in [3.05, 3.63) is 131 Å². The lowest BCUT2D eigenvalue weighted by atomic mass is 10.0. The first-order valence-corrected chi connectivity index (χ1v) is 16.1. The summed E-state index contributed by atoms with van der Waals surface area (Å²) in [5.74, 6) is 0.702. The van der Waals surface area contributed by atoms with Gasteiger partial charge < -0.3 is 9.13 Å². The number of nitrogens with zero attached hydrogens (tertiary/aromatic N) is 9. The molecule has 12 heteroatoms. The van der Waals surface area contributed by atoms with Crippen LogP contribution >= 0.6 is 15.9 Å². The lowest BCUT2D eigenvalue weighted by Gasteiger charge is -2.05. The van der Waals surface area contributed by atoms with Crippen molar-refractivity contribution in [1.29, 1.82) is 0 Å². The molecule has 0 bridgehead atoms. The highest BCUT2D eigenvalue weighted by Crippen LogP contribution is 2.26. The zero-order valence-corrected chi connectivity index (χ0v) is 28.9. The van der Waals surface area contributed by atoms with E-state index in [9.17, 15) is 9.59 Å². The minimum absolute atomic E-state index is 0.0126. The Kier molecular flexibility index (Phi) is 9.77. The minimum Gasteiger partial charge on any atom is -0.339 e. The minimum atomic E-state index is -0.0449. The Morgan fingerprint density at radius 1 is 0.755 bits per heavy atom. The number of hydrogen-bond donors (Lipinski definition) is 0. The smallest absolute Gasteiger partial charge is 0.178 e. The van der Waals surface area contributed by atoms with Crippen LogP contribution in [0.2, 0.25) is 0 Å². The number of Topliss-reactive ketones (excluding diaryl/α,β-unsaturated/α-hetero) is 2. The lowest BCUT2D eigenvalue weighted by molar-refractivity contribution is 0.100. The Bertz CT molecular complexity index is 2320. The van der Waals surface area contributed by atoms with Crippen LogP contribution in [0.5, 0.6) is 0 Å². The number of halogens is 1. The first kappa shape index (κ1) is 33.0. The van der Waals surface area contributed by atoms with Crippen molar-refractivity contribution in [1.82, 2.24) is 38.9 Å². The van der Waals surface area contributed by atoms with Crippen molar-refractivity contribution in [3.63, 3.8) is 0 Å². The molecule has 0 N–H and O–H groups in total. The fraction of sp³-hybridized carbons (Fsp3) is 0.135. The number of hydrogen-bond acceptors (Lipinski definition) is 8. The van der Waals surface area contributed by atoms with Crippen molar-refractivity contribution < 1.29 is 9.59 Å². The summed E-state index contributed by atoms with van der Waals surface area (Å²) in [6, 6.07) is 23.1. The van der Waals surface area contributed by atoms with Gasteiger partial charge in [-0.25, -0.2) is 24.6 Å². The zero-order chi connectivity index (χ0) is 34.5. The number of rotatable bonds is 5. The van der Waals surface area contributed by atoms with Crippen LogP contribution in [0.15, 0.2) is 114 Å². The van der Waals surface area contributed by atoms with Crippen LogP contribution in [0.3, 0.4) is 0 Å². The molecule has 0 radical (unpaired) electrons. The topological polar surface area (TPSA) is 126 Å². The van der Waals surface area contributed by atoms with Crippen molar-refractivity contribution in [2.45, 2.75) is 20.4 Å². The molecule has 49 heavy (non-hydrogen) atoms. The van der Waals surface area contributed by atoms with Gasteiger partial charge in [-0.3, -0.25) is 14.6 Å². The maximum Gasteiger partial charge on any atom is 0.178 e. The van der Waals surface area contributed by atoms with Crippen LogP contribution in [0.25, 0.3) is 39.2 Å². The molecule has 11 nitrogen and oxygen atoms in total. The van der Waals surface area contributed by atoms with Gasteiger partial charge in [-0.1, -0.05) is 36.4 Å². The third kappa shape index (κ3) is 7.82. The molecule has 7 aromatic rings. The van der Waals surface area contributed by atoms with E-state index in [0.717, 1.165) is 50.4 Å². The molecule has 1 aliphatic heterocycles. The summed E-state index contributed by atoms with van der Waals surface area (Å²) < 4.78 is 6.44. The van der Waals surface area contributed by atoms with Gasteiger partial charge in [-0.15, -0.1) is 0 Å². The first-order valence-electron chi connectivity index (χ1n) is 15.3. The molecule has 0 aliphatic carbocycles. The summed E-state index contributed by atoms with van der Waals surface area (Å²) in [5.41, 5.74) is 7.85. The average molecular weight is 715 g/mol. The van der Waals surface area contributed by atoms with Crippen LogP contribution in [0, 0.1) is 0 Å². The Balaban J connectivity index is 0.000000146. The maximum atomic E-state index is 11.6. The predicted octanol–water partition coefficient (Wildman–Crippen LogP) is 7.09. The summed E-state index contributed by atoms with van der Waals surface area (Å²) in [6.45, 7) is 3.78. The summed E-state index contributed by atoms with van der Waals surface area (Å²) in [5, 5.41) is 5.45. The number of pyridine rings is 2. The van der Waals surface area contributed by atoms with E-state index in [1.54, 1.807) is 29.5 Å². The average Bonchev–Trinajstić information content (AvgIpc) is 3.92. The molecule has 0 unspecified atom stereocenters. The number of fused-ring (bicyclic) bond motifs is 2. The van der Waals surface area contributed by atoms with Gasteiger partial charge >= 0.3 is 0 Å². The van der Waals surface area contributed by atoms with E-state index in [2.05, 4.69) is 52.0 Å². The highest BCUT2D eigenvalue weighted by molar-refractivity contribution is 9.10. The second kappa shape index (κ2) is 14.5. The molecule has 0 atom stereocenters. The third-order valence-corrected chi connectivity index (χ3v) is 8.01. The van der Waals surface area contributed by atoms with Crippen LogP contribution in [0.1, 0.15) is 46.0 Å². The van der Waals surface area contributed by atoms with E-state index in [1.807, 2.05) is 103 Å². The molecular weight excluding hydrogens is 682 g/mol. The van der Waals surface area contributed by atoms with E-state index in [4.69, 9.17) is 0 Å². The molecule has 0 saturated carbocycles. The zero-order valence-electron chi connectivity index (χ0n) is 27.3. The number of aromatic nitrogens is 8. The Morgan fingerprint density at radius 3 is 1.96 bits per heavy atom. The standard InChI is InChI=1S/C18H15N5O.C15H12N2O.C4H5BrN2/c1-12(24)15-4-3-5-16(21-15)13-6-7-14-9-20-23(17(14)8-13)18-10-22(2)11-19-18;1-10(18)14-3-2-4-15(17-14)11-5-6-12-8-16-9-13(12)7-11;1-7-2-4(5)6-3-7/h3-11H,1-2H3;2-8H,9H2,1H3;2-3H,1H3. The fourth-order valence-corrected chi connectivity index (χ4v) is 5.52. The van der Waals surface area contributed by atoms with Gasteiger partial charge in [0.1, 0.15) is 16.0 Å². The number of imidazole rings is 2. The van der Waals surface area contributed by atoms with E-state index >= 15 is 0 Å². The SMILES string of the molecule is CC(=O)c1cccc(-c2ccc3c(c2)CN=C3)n1.CC(=O)c1cccc(-c2ccc3cnn(-c4cn(C)cn4)c3c2)n1.Cn1cnc(Br)c1. The number of aliphatic imine (C=N–C) groups is 1. The van der Waals surface area contributed by atoms with Crippen molar-refractivity contribution in [2.24, 2.45) is 19.1 Å². The third-order valence-electron chi connectivity index (χ3n) is 7.60. The largest absolute Gasteiger partial charge is 0.339 e. The highest BCUT2D eigenvalue weighted by atomic mass is 79.9. The predicted molar refractivity (Wildman–Crippen MR) is 193 cm³/mol. The van der Waals surface area contributed by atoms with Crippen LogP contribution in [-0.2, 0) is 20.6 Å². The Morgan fingerprint density at radius 2 is 1.39 bits per heavy atom. The summed E-state index contributed by atoms with van der Waals surface area (Å²) in [7, 11) is 3.85. The van der Waals surface area contributed by atoms with E-state index in [0.29, 0.717) is 11.4 Å². The molecule has 0 amide bonds. The molecule has 5 aromatic heterocycles. The molecular formula is C37H32BrN9O2. The van der Waals surface area contributed by atoms with Gasteiger partial charge in [0.2, 0.25) is 0 Å². The van der Waals surface area contributed by atoms with E-state index in [-0.39, 0.29) is 11.6 Å². The number of carbonyl (C=O) groups is 2. The van der Waals surface area contributed by atoms with Crippen LogP contribution < -0.4 is 0 Å². The number of benzene rings is 2. The fourth-order valence-electron chi connectivity index (χ4n) is 5.10. The van der Waals surface area contributed by atoms with E-state index in [1.165, 1.54) is 25.0 Å². The van der Waals surface area contributed by atoms with Crippen LogP contribution in [-0.4, -0.2) is 56.6 Å². The van der Waals surface area contributed by atoms with Gasteiger partial charge in [-0.05, 0) is 63.5 Å². The lowest BCUT2D eigenvalue weighted by Crippen LogP contribution is -1.98. The molecule has 0 fully saturated rings. The normalized spacial score (nSPS) is 11.4. The molecule has 6 heterocycles. The molecule has 0 saturated heterocycles. The Labute approximate surface area is 291 Å². The molecule has 0 spiro atoms. The maximum absolute atomic E-state index is 11.6. The second-order valence-electron chi connectivity index (χ2n) is 11.4. The summed E-state index contributed by atoms with van der Waals surface area (Å²) in [4.78, 5) is 44.2.